The number of carbonyl (C=O) groups is 1. The van der Waals surface area contributed by atoms with Crippen molar-refractivity contribution in [3.05, 3.63) is 75.8 Å². The Bertz CT molecular complexity index is 1180. The zero-order chi connectivity index (χ0) is 21.4. The summed E-state index contributed by atoms with van der Waals surface area (Å²) < 4.78 is 6.79. The molecular formula is C23H22N4O2S2. The maximum atomic E-state index is 13.3. The molecule has 5 rings (SSSR count). The number of hydrogen-bond acceptors (Lipinski definition) is 7. The number of amides is 1. The molecule has 1 aromatic carbocycles. The highest BCUT2D eigenvalue weighted by Gasteiger charge is 2.35. The Labute approximate surface area is 188 Å². The Morgan fingerprint density at radius 3 is 2.87 bits per heavy atom. The Balaban J connectivity index is 1.35. The normalized spacial score (nSPS) is 17.5. The standard InChI is InChI=1S/C23H22N4O2S2/c1-15(23-24-16-7-3-4-9-21(16)31-23)26(2)14-22(28)27-18(19-8-5-11-29-19)13-17(25-27)20-10-6-12-30-20/h3-12,15,18H,13-14H2,1-2H3/t15-,18-/m1/s1. The number of likely N-dealkylation sites (N-methyl/N-ethyl adjacent to an activating group) is 1. The number of thiophene rings is 1. The van der Waals surface area contributed by atoms with Crippen molar-refractivity contribution in [2.24, 2.45) is 5.10 Å². The number of fused-ring (bicyclic) bond motifs is 1. The minimum absolute atomic E-state index is 0.0201. The monoisotopic (exact) mass is 450 g/mol. The average molecular weight is 451 g/mol. The van der Waals surface area contributed by atoms with Crippen molar-refractivity contribution < 1.29 is 9.21 Å². The summed E-state index contributed by atoms with van der Waals surface area (Å²) in [5.74, 6) is 0.703. The van der Waals surface area contributed by atoms with Gasteiger partial charge in [-0.05, 0) is 49.7 Å². The van der Waals surface area contributed by atoms with E-state index in [1.165, 1.54) is 0 Å². The van der Waals surface area contributed by atoms with E-state index < -0.39 is 0 Å². The van der Waals surface area contributed by atoms with Crippen molar-refractivity contribution in [2.45, 2.75) is 25.4 Å². The van der Waals surface area contributed by atoms with Gasteiger partial charge in [0.25, 0.3) is 5.91 Å². The van der Waals surface area contributed by atoms with Gasteiger partial charge in [-0.15, -0.1) is 22.7 Å². The van der Waals surface area contributed by atoms with E-state index in [2.05, 4.69) is 13.0 Å². The van der Waals surface area contributed by atoms with Gasteiger partial charge in [0.15, 0.2) is 0 Å². The lowest BCUT2D eigenvalue weighted by Gasteiger charge is -2.26. The van der Waals surface area contributed by atoms with E-state index in [-0.39, 0.29) is 24.5 Å². The van der Waals surface area contributed by atoms with Gasteiger partial charge >= 0.3 is 0 Å². The van der Waals surface area contributed by atoms with E-state index in [9.17, 15) is 4.79 Å². The summed E-state index contributed by atoms with van der Waals surface area (Å²) in [7, 11) is 1.95. The maximum absolute atomic E-state index is 13.3. The molecule has 4 heterocycles. The van der Waals surface area contributed by atoms with Gasteiger partial charge in [-0.2, -0.15) is 5.10 Å². The minimum Gasteiger partial charge on any atom is -0.467 e. The number of rotatable bonds is 6. The van der Waals surface area contributed by atoms with Crippen molar-refractivity contribution in [3.8, 4) is 0 Å². The van der Waals surface area contributed by atoms with E-state index in [4.69, 9.17) is 14.5 Å². The molecule has 0 bridgehead atoms. The van der Waals surface area contributed by atoms with Crippen LogP contribution in [0.4, 0.5) is 0 Å². The summed E-state index contributed by atoms with van der Waals surface area (Å²) in [5.41, 5.74) is 1.92. The molecule has 0 radical (unpaired) electrons. The first-order valence-electron chi connectivity index (χ1n) is 10.1. The minimum atomic E-state index is -0.217. The number of hydrogen-bond donors (Lipinski definition) is 0. The molecular weight excluding hydrogens is 428 g/mol. The Hall–Kier alpha value is -2.81. The molecule has 1 aliphatic heterocycles. The van der Waals surface area contributed by atoms with Crippen molar-refractivity contribution in [1.29, 1.82) is 0 Å². The Kier molecular flexibility index (Phi) is 5.43. The molecule has 0 spiro atoms. The third-order valence-corrected chi connectivity index (χ3v) is 7.68. The smallest absolute Gasteiger partial charge is 0.257 e. The van der Waals surface area contributed by atoms with Crippen LogP contribution in [0.15, 0.2) is 69.7 Å². The van der Waals surface area contributed by atoms with Gasteiger partial charge in [0.05, 0.1) is 39.7 Å². The topological polar surface area (TPSA) is 61.9 Å². The van der Waals surface area contributed by atoms with Crippen LogP contribution in [0.1, 0.15) is 41.1 Å². The molecule has 158 valence electrons. The number of para-hydroxylation sites is 1. The molecule has 31 heavy (non-hydrogen) atoms. The van der Waals surface area contributed by atoms with Crippen LogP contribution in [0.3, 0.4) is 0 Å². The van der Waals surface area contributed by atoms with Gasteiger partial charge in [-0.3, -0.25) is 9.69 Å². The summed E-state index contributed by atoms with van der Waals surface area (Å²) >= 11 is 3.31. The molecule has 0 saturated heterocycles. The van der Waals surface area contributed by atoms with Gasteiger partial charge in [-0.25, -0.2) is 9.99 Å². The van der Waals surface area contributed by atoms with Crippen LogP contribution in [0, 0.1) is 0 Å². The Morgan fingerprint density at radius 1 is 1.26 bits per heavy atom. The second-order valence-electron chi connectivity index (χ2n) is 7.61. The highest BCUT2D eigenvalue weighted by atomic mass is 32.1. The molecule has 0 fully saturated rings. The van der Waals surface area contributed by atoms with Crippen LogP contribution in [0.5, 0.6) is 0 Å². The fourth-order valence-corrected chi connectivity index (χ4v) is 5.52. The SMILES string of the molecule is C[C@H](c1nc2ccccc2s1)N(C)CC(=O)N1N=C(c2cccs2)C[C@@H]1c1ccco1. The first-order valence-corrected chi connectivity index (χ1v) is 11.8. The van der Waals surface area contributed by atoms with E-state index in [0.29, 0.717) is 6.42 Å². The lowest BCUT2D eigenvalue weighted by atomic mass is 10.1. The van der Waals surface area contributed by atoms with Crippen molar-refractivity contribution in [3.63, 3.8) is 0 Å². The average Bonchev–Trinajstić information content (AvgIpc) is 3.56. The van der Waals surface area contributed by atoms with Gasteiger partial charge < -0.3 is 4.42 Å². The number of aromatic nitrogens is 1. The molecule has 0 unspecified atom stereocenters. The Morgan fingerprint density at radius 2 is 2.13 bits per heavy atom. The lowest BCUT2D eigenvalue weighted by Crippen LogP contribution is -2.37. The van der Waals surface area contributed by atoms with E-state index in [1.807, 2.05) is 59.8 Å². The van der Waals surface area contributed by atoms with Crippen LogP contribution in [-0.4, -0.2) is 40.1 Å². The van der Waals surface area contributed by atoms with Crippen LogP contribution in [0.2, 0.25) is 0 Å². The van der Waals surface area contributed by atoms with Crippen LogP contribution >= 0.6 is 22.7 Å². The molecule has 6 nitrogen and oxygen atoms in total. The molecule has 1 amide bonds. The van der Waals surface area contributed by atoms with E-state index >= 15 is 0 Å². The fraction of sp³-hybridized carbons (Fsp3) is 0.261. The van der Waals surface area contributed by atoms with Gasteiger partial charge in [0, 0.05) is 6.42 Å². The first-order chi connectivity index (χ1) is 15.1. The van der Waals surface area contributed by atoms with Crippen LogP contribution in [-0.2, 0) is 4.79 Å². The van der Waals surface area contributed by atoms with Crippen LogP contribution in [0.25, 0.3) is 10.2 Å². The molecule has 2 atom stereocenters. The summed E-state index contributed by atoms with van der Waals surface area (Å²) in [6.07, 6.45) is 2.29. The summed E-state index contributed by atoms with van der Waals surface area (Å²) in [5, 5.41) is 9.32. The second kappa shape index (κ2) is 8.37. The number of nitrogens with zero attached hydrogens (tertiary/aromatic N) is 4. The number of furan rings is 1. The van der Waals surface area contributed by atoms with Crippen molar-refractivity contribution in [1.82, 2.24) is 14.9 Å². The predicted molar refractivity (Wildman–Crippen MR) is 124 cm³/mol. The molecule has 8 heteroatoms. The number of benzene rings is 1. The third-order valence-electron chi connectivity index (χ3n) is 5.56. The van der Waals surface area contributed by atoms with Gasteiger partial charge in [0.2, 0.25) is 0 Å². The molecule has 0 aliphatic carbocycles. The van der Waals surface area contributed by atoms with Gasteiger partial charge in [0.1, 0.15) is 16.8 Å². The quantitative estimate of drug-likeness (QED) is 0.399. The van der Waals surface area contributed by atoms with E-state index in [1.54, 1.807) is 33.9 Å². The largest absolute Gasteiger partial charge is 0.467 e. The highest BCUT2D eigenvalue weighted by Crippen LogP contribution is 2.35. The lowest BCUT2D eigenvalue weighted by molar-refractivity contribution is -0.134. The number of thiazole rings is 1. The van der Waals surface area contributed by atoms with Crippen molar-refractivity contribution >= 4 is 44.5 Å². The fourth-order valence-electron chi connectivity index (χ4n) is 3.71. The first kappa shape index (κ1) is 20.1. The molecule has 0 saturated carbocycles. The zero-order valence-electron chi connectivity index (χ0n) is 17.3. The highest BCUT2D eigenvalue weighted by molar-refractivity contribution is 7.18. The van der Waals surface area contributed by atoms with Crippen molar-refractivity contribution in [2.75, 3.05) is 13.6 Å². The number of hydrazone groups is 1. The van der Waals surface area contributed by atoms with Crippen LogP contribution < -0.4 is 0 Å². The summed E-state index contributed by atoms with van der Waals surface area (Å²) in [6, 6.07) is 15.7. The maximum Gasteiger partial charge on any atom is 0.257 e. The summed E-state index contributed by atoms with van der Waals surface area (Å²) in [6.45, 7) is 2.33. The zero-order valence-corrected chi connectivity index (χ0v) is 18.9. The molecule has 4 aromatic rings. The number of carbonyl (C=O) groups excluding carboxylic acids is 1. The molecule has 3 aromatic heterocycles. The van der Waals surface area contributed by atoms with E-state index in [0.717, 1.165) is 31.6 Å². The third kappa shape index (κ3) is 3.94. The van der Waals surface area contributed by atoms with Gasteiger partial charge in [-0.1, -0.05) is 18.2 Å². The molecule has 0 N–H and O–H groups in total. The second-order valence-corrected chi connectivity index (χ2v) is 9.62. The summed E-state index contributed by atoms with van der Waals surface area (Å²) in [4.78, 5) is 21.2. The molecule has 1 aliphatic rings. The predicted octanol–water partition coefficient (Wildman–Crippen LogP) is 5.32.